The quantitative estimate of drug-likeness (QED) is 0.170. The number of hydrogen-bond donors (Lipinski definition) is 0. The lowest BCUT2D eigenvalue weighted by molar-refractivity contribution is 1.14. The highest BCUT2D eigenvalue weighted by Gasteiger charge is 2.15. The van der Waals surface area contributed by atoms with Gasteiger partial charge < -0.3 is 9.80 Å². The third kappa shape index (κ3) is 6.31. The monoisotopic (exact) mass is 572 g/mol. The molecular formula is C42H40N2. The molecule has 0 aliphatic rings. The Kier molecular flexibility index (Phi) is 8.61. The topological polar surface area (TPSA) is 6.48 Å². The van der Waals surface area contributed by atoms with Crippen molar-refractivity contribution in [1.82, 2.24) is 0 Å². The first kappa shape index (κ1) is 29.0. The molecule has 0 unspecified atom stereocenters. The van der Waals surface area contributed by atoms with Crippen molar-refractivity contribution in [2.75, 3.05) is 9.80 Å². The first-order chi connectivity index (χ1) is 21.5. The summed E-state index contributed by atoms with van der Waals surface area (Å²) in [6, 6.07) is 53.1. The molecule has 44 heavy (non-hydrogen) atoms. The zero-order chi connectivity index (χ0) is 30.5. The average molecular weight is 573 g/mol. The van der Waals surface area contributed by atoms with Crippen LogP contribution in [0.5, 0.6) is 0 Å². The van der Waals surface area contributed by atoms with Gasteiger partial charge in [0.15, 0.2) is 0 Å². The van der Waals surface area contributed by atoms with Gasteiger partial charge in [-0.3, -0.25) is 0 Å². The second-order valence-corrected chi connectivity index (χ2v) is 11.5. The molecule has 0 saturated carbocycles. The summed E-state index contributed by atoms with van der Waals surface area (Å²) in [5.41, 5.74) is 14.5. The van der Waals surface area contributed by atoms with E-state index in [1.807, 2.05) is 0 Å². The van der Waals surface area contributed by atoms with E-state index in [0.717, 1.165) is 47.0 Å². The van der Waals surface area contributed by atoms with E-state index in [1.165, 1.54) is 33.4 Å². The molecule has 0 spiro atoms. The molecule has 0 aliphatic heterocycles. The Balaban J connectivity index is 1.31. The molecule has 0 heterocycles. The Labute approximate surface area is 262 Å². The second-order valence-electron chi connectivity index (χ2n) is 11.5. The summed E-state index contributed by atoms with van der Waals surface area (Å²) in [6.45, 7) is 8.65. The predicted molar refractivity (Wildman–Crippen MR) is 189 cm³/mol. The molecule has 2 nitrogen and oxygen atoms in total. The number of hydrogen-bond acceptors (Lipinski definition) is 2. The second kappa shape index (κ2) is 13.1. The third-order valence-corrected chi connectivity index (χ3v) is 8.37. The van der Waals surface area contributed by atoms with E-state index in [4.69, 9.17) is 0 Å². The van der Waals surface area contributed by atoms with Crippen molar-refractivity contribution < 1.29 is 0 Å². The molecule has 6 aromatic carbocycles. The maximum atomic E-state index is 2.33. The van der Waals surface area contributed by atoms with E-state index in [9.17, 15) is 0 Å². The van der Waals surface area contributed by atoms with Gasteiger partial charge in [-0.15, -0.1) is 0 Å². The molecule has 0 saturated heterocycles. The van der Waals surface area contributed by atoms with Crippen LogP contribution in [-0.2, 0) is 12.8 Å². The molecule has 6 rings (SSSR count). The van der Waals surface area contributed by atoms with E-state index >= 15 is 0 Å². The molecule has 2 heteroatoms. The third-order valence-electron chi connectivity index (χ3n) is 8.37. The van der Waals surface area contributed by atoms with Gasteiger partial charge in [0.1, 0.15) is 0 Å². The molecule has 6 aromatic rings. The molecule has 0 bridgehead atoms. The Bertz CT molecular complexity index is 1640. The summed E-state index contributed by atoms with van der Waals surface area (Å²) in [5.74, 6) is 0. The van der Waals surface area contributed by atoms with Crippen LogP contribution in [0.4, 0.5) is 34.1 Å². The Hall–Kier alpha value is -5.08. The van der Waals surface area contributed by atoms with Crippen LogP contribution >= 0.6 is 0 Å². The van der Waals surface area contributed by atoms with Crippen molar-refractivity contribution in [2.24, 2.45) is 0 Å². The van der Waals surface area contributed by atoms with Crippen LogP contribution < -0.4 is 9.80 Å². The molecule has 0 radical (unpaired) electrons. The molecular weight excluding hydrogens is 532 g/mol. The molecule has 0 atom stereocenters. The average Bonchev–Trinajstić information content (AvgIpc) is 3.08. The van der Waals surface area contributed by atoms with Gasteiger partial charge in [0, 0.05) is 34.1 Å². The SMILES string of the molecule is CCc1ccc(N(c2ccc(C)cc2)c2ccc(-c3ccc(N(c4ccc(C)cc4)c4ccc(CC)cc4)cc3)cc2)cc1. The molecule has 0 N–H and O–H groups in total. The lowest BCUT2D eigenvalue weighted by atomic mass is 10.0. The number of rotatable bonds is 9. The van der Waals surface area contributed by atoms with Crippen molar-refractivity contribution in [3.63, 3.8) is 0 Å². The van der Waals surface area contributed by atoms with Gasteiger partial charge in [0.25, 0.3) is 0 Å². The van der Waals surface area contributed by atoms with E-state index in [1.54, 1.807) is 0 Å². The number of aryl methyl sites for hydroxylation is 4. The van der Waals surface area contributed by atoms with Crippen LogP contribution in [-0.4, -0.2) is 0 Å². The largest absolute Gasteiger partial charge is 0.311 e. The van der Waals surface area contributed by atoms with Crippen molar-refractivity contribution in [3.8, 4) is 11.1 Å². The fraction of sp³-hybridized carbons (Fsp3) is 0.143. The van der Waals surface area contributed by atoms with Crippen LogP contribution in [0, 0.1) is 13.8 Å². The van der Waals surface area contributed by atoms with Gasteiger partial charge in [-0.05, 0) is 122 Å². The molecule has 218 valence electrons. The standard InChI is InChI=1S/C42H40N2/c1-5-33-11-23-39(24-12-33)43(37-19-7-31(3)8-20-37)41-27-15-35(16-28-41)36-17-29-42(30-18-36)44(38-21-9-32(4)10-22-38)40-25-13-34(6-2)14-26-40/h7-30H,5-6H2,1-4H3. The van der Waals surface area contributed by atoms with Crippen LogP contribution in [0.2, 0.25) is 0 Å². The summed E-state index contributed by atoms with van der Waals surface area (Å²) in [6.07, 6.45) is 2.07. The lowest BCUT2D eigenvalue weighted by Gasteiger charge is -2.26. The summed E-state index contributed by atoms with van der Waals surface area (Å²) < 4.78 is 0. The Morgan fingerprint density at radius 2 is 0.545 bits per heavy atom. The smallest absolute Gasteiger partial charge is 0.0462 e. The first-order valence-corrected chi connectivity index (χ1v) is 15.6. The molecule has 0 amide bonds. The zero-order valence-corrected chi connectivity index (χ0v) is 26.2. The van der Waals surface area contributed by atoms with Gasteiger partial charge in [-0.2, -0.15) is 0 Å². The van der Waals surface area contributed by atoms with Gasteiger partial charge in [0.2, 0.25) is 0 Å². The normalized spacial score (nSPS) is 10.9. The van der Waals surface area contributed by atoms with Gasteiger partial charge in [-0.1, -0.05) is 97.8 Å². The number of nitrogens with zero attached hydrogens (tertiary/aromatic N) is 2. The van der Waals surface area contributed by atoms with Crippen LogP contribution in [0.25, 0.3) is 11.1 Å². The number of anilines is 6. The van der Waals surface area contributed by atoms with Gasteiger partial charge in [-0.25, -0.2) is 0 Å². The maximum absolute atomic E-state index is 2.33. The molecule has 0 aromatic heterocycles. The first-order valence-electron chi connectivity index (χ1n) is 15.6. The van der Waals surface area contributed by atoms with E-state index in [0.29, 0.717) is 0 Å². The summed E-state index contributed by atoms with van der Waals surface area (Å²) in [7, 11) is 0. The minimum atomic E-state index is 1.03. The van der Waals surface area contributed by atoms with Crippen LogP contribution in [0.3, 0.4) is 0 Å². The summed E-state index contributed by atoms with van der Waals surface area (Å²) >= 11 is 0. The molecule has 0 aliphatic carbocycles. The Morgan fingerprint density at radius 3 is 0.795 bits per heavy atom. The maximum Gasteiger partial charge on any atom is 0.0462 e. The predicted octanol–water partition coefficient (Wildman–Crippen LogP) is 12.0. The van der Waals surface area contributed by atoms with E-state index in [2.05, 4.69) is 183 Å². The van der Waals surface area contributed by atoms with E-state index in [-0.39, 0.29) is 0 Å². The summed E-state index contributed by atoms with van der Waals surface area (Å²) in [4.78, 5) is 4.66. The van der Waals surface area contributed by atoms with Crippen LogP contribution in [0.15, 0.2) is 146 Å². The molecule has 0 fully saturated rings. The Morgan fingerprint density at radius 1 is 0.318 bits per heavy atom. The van der Waals surface area contributed by atoms with Gasteiger partial charge in [0.05, 0.1) is 0 Å². The van der Waals surface area contributed by atoms with E-state index < -0.39 is 0 Å². The van der Waals surface area contributed by atoms with Crippen LogP contribution in [0.1, 0.15) is 36.1 Å². The summed E-state index contributed by atoms with van der Waals surface area (Å²) in [5, 5.41) is 0. The highest BCUT2D eigenvalue weighted by atomic mass is 15.1. The fourth-order valence-electron chi connectivity index (χ4n) is 5.65. The lowest BCUT2D eigenvalue weighted by Crippen LogP contribution is -2.10. The minimum Gasteiger partial charge on any atom is -0.311 e. The zero-order valence-electron chi connectivity index (χ0n) is 26.2. The highest BCUT2D eigenvalue weighted by molar-refractivity contribution is 5.80. The highest BCUT2D eigenvalue weighted by Crippen LogP contribution is 2.38. The minimum absolute atomic E-state index is 1.03. The van der Waals surface area contributed by atoms with Crippen molar-refractivity contribution in [1.29, 1.82) is 0 Å². The van der Waals surface area contributed by atoms with Crippen molar-refractivity contribution >= 4 is 34.1 Å². The number of benzene rings is 6. The van der Waals surface area contributed by atoms with Crippen molar-refractivity contribution in [2.45, 2.75) is 40.5 Å². The fourth-order valence-corrected chi connectivity index (χ4v) is 5.65. The van der Waals surface area contributed by atoms with Gasteiger partial charge >= 0.3 is 0 Å². The van der Waals surface area contributed by atoms with Crippen molar-refractivity contribution in [3.05, 3.63) is 168 Å².